The number of nitrogens with two attached hydrogens (primary N) is 1. The highest BCUT2D eigenvalue weighted by molar-refractivity contribution is 7.19. The van der Waals surface area contributed by atoms with Crippen molar-refractivity contribution in [2.24, 2.45) is 11.7 Å². The Hall–Kier alpha value is -2.85. The molecule has 4 rings (SSSR count). The number of amides is 1. The Kier molecular flexibility index (Phi) is 7.89. The van der Waals surface area contributed by atoms with Crippen LogP contribution in [0.2, 0.25) is 0 Å². The van der Waals surface area contributed by atoms with Gasteiger partial charge in [0.25, 0.3) is 5.91 Å². The van der Waals surface area contributed by atoms with Crippen molar-refractivity contribution < 1.29 is 23.8 Å². The van der Waals surface area contributed by atoms with E-state index in [-0.39, 0.29) is 5.56 Å². The van der Waals surface area contributed by atoms with E-state index in [1.54, 1.807) is 31.2 Å². The van der Waals surface area contributed by atoms with Crippen molar-refractivity contribution in [3.8, 4) is 10.4 Å². The topological polar surface area (TPSA) is 107 Å². The lowest BCUT2D eigenvalue weighted by Gasteiger charge is -2.10. The lowest BCUT2D eigenvalue weighted by molar-refractivity contribution is 0.0774. The molecule has 0 spiro atoms. The Morgan fingerprint density at radius 1 is 1.38 bits per heavy atom. The second-order valence-corrected chi connectivity index (χ2v) is 9.52. The van der Waals surface area contributed by atoms with E-state index in [2.05, 4.69) is 10.3 Å². The first kappa shape index (κ1) is 24.3. The number of aliphatic hydroxyl groups excluding tert-OH is 1. The molecule has 2 aromatic heterocycles. The number of aliphatic hydroxyl groups is 1. The number of rotatable bonds is 10. The van der Waals surface area contributed by atoms with Crippen LogP contribution in [0.4, 0.5) is 15.2 Å². The van der Waals surface area contributed by atoms with Gasteiger partial charge in [-0.2, -0.15) is 0 Å². The van der Waals surface area contributed by atoms with Crippen molar-refractivity contribution >= 4 is 28.1 Å². The molecule has 3 aromatic rings. The van der Waals surface area contributed by atoms with Crippen LogP contribution in [0.25, 0.3) is 10.4 Å². The van der Waals surface area contributed by atoms with Crippen LogP contribution < -0.4 is 11.1 Å². The number of hydrogen-bond acceptors (Lipinski definition) is 7. The van der Waals surface area contributed by atoms with Gasteiger partial charge in [0, 0.05) is 23.0 Å². The van der Waals surface area contributed by atoms with Crippen molar-refractivity contribution in [2.45, 2.75) is 32.5 Å². The Balaban J connectivity index is 1.49. The fourth-order valence-corrected chi connectivity index (χ4v) is 4.91. The van der Waals surface area contributed by atoms with E-state index in [4.69, 9.17) is 15.2 Å². The Morgan fingerprint density at radius 2 is 2.24 bits per heavy atom. The summed E-state index contributed by atoms with van der Waals surface area (Å²) in [6.07, 6.45) is 0.811. The summed E-state index contributed by atoms with van der Waals surface area (Å²) in [5.74, 6) is -0.0827. The molecule has 1 aliphatic rings. The molecule has 1 saturated heterocycles. The molecule has 3 heterocycles. The number of carbonyl (C=O) groups excluding carboxylic acids is 1. The molecule has 1 aromatic carbocycles. The van der Waals surface area contributed by atoms with Crippen LogP contribution in [0.3, 0.4) is 0 Å². The van der Waals surface area contributed by atoms with Crippen molar-refractivity contribution in [3.63, 3.8) is 0 Å². The molecule has 0 radical (unpaired) electrons. The number of hydrogen-bond donors (Lipinski definition) is 3. The van der Waals surface area contributed by atoms with Gasteiger partial charge in [0.15, 0.2) is 0 Å². The highest BCUT2D eigenvalue weighted by Crippen LogP contribution is 2.38. The van der Waals surface area contributed by atoms with E-state index >= 15 is 0 Å². The lowest BCUT2D eigenvalue weighted by Crippen LogP contribution is -2.12. The summed E-state index contributed by atoms with van der Waals surface area (Å²) in [5.41, 5.74) is 7.66. The highest BCUT2D eigenvalue weighted by atomic mass is 32.1. The van der Waals surface area contributed by atoms with E-state index in [0.717, 1.165) is 25.3 Å². The zero-order chi connectivity index (χ0) is 24.1. The SMILES string of the molecule is CC(O)Cc1ccc(-c2cc(C(N)=O)c(Nc3cccc(COCC4CCOC4)n3)s2)c(F)c1. The number of nitrogens with one attached hydrogen (secondary N) is 1. The van der Waals surface area contributed by atoms with Crippen molar-refractivity contribution in [1.82, 2.24) is 4.98 Å². The summed E-state index contributed by atoms with van der Waals surface area (Å²) in [6, 6.07) is 11.9. The van der Waals surface area contributed by atoms with E-state index < -0.39 is 17.8 Å². The fourth-order valence-electron chi connectivity index (χ4n) is 3.82. The highest BCUT2D eigenvalue weighted by Gasteiger charge is 2.19. The van der Waals surface area contributed by atoms with Crippen LogP contribution in [0.5, 0.6) is 0 Å². The lowest BCUT2D eigenvalue weighted by atomic mass is 10.0. The van der Waals surface area contributed by atoms with Gasteiger partial charge in [-0.3, -0.25) is 4.79 Å². The zero-order valence-electron chi connectivity index (χ0n) is 18.9. The average molecular weight is 486 g/mol. The van der Waals surface area contributed by atoms with Gasteiger partial charge in [-0.1, -0.05) is 18.2 Å². The Labute approximate surface area is 201 Å². The minimum atomic E-state index is -0.616. The number of anilines is 2. The minimum Gasteiger partial charge on any atom is -0.393 e. The molecule has 2 atom stereocenters. The molecule has 0 saturated carbocycles. The van der Waals surface area contributed by atoms with Gasteiger partial charge in [-0.25, -0.2) is 9.37 Å². The van der Waals surface area contributed by atoms with Crippen LogP contribution in [-0.2, 0) is 22.5 Å². The molecular formula is C25H28FN3O4S. The summed E-state index contributed by atoms with van der Waals surface area (Å²) < 4.78 is 25.9. The third-order valence-corrected chi connectivity index (χ3v) is 6.59. The smallest absolute Gasteiger partial charge is 0.251 e. The maximum Gasteiger partial charge on any atom is 0.251 e. The third kappa shape index (κ3) is 6.18. The average Bonchev–Trinajstić information content (AvgIpc) is 3.44. The van der Waals surface area contributed by atoms with Crippen LogP contribution in [0, 0.1) is 11.7 Å². The molecule has 0 bridgehead atoms. The maximum atomic E-state index is 14.8. The van der Waals surface area contributed by atoms with E-state index in [1.807, 2.05) is 12.1 Å². The maximum absolute atomic E-state index is 14.8. The molecule has 2 unspecified atom stereocenters. The molecule has 1 amide bonds. The van der Waals surface area contributed by atoms with E-state index in [9.17, 15) is 14.3 Å². The molecule has 0 aliphatic carbocycles. The first-order valence-corrected chi connectivity index (χ1v) is 12.0. The second kappa shape index (κ2) is 11.1. The number of carbonyl (C=O) groups is 1. The first-order valence-electron chi connectivity index (χ1n) is 11.2. The summed E-state index contributed by atoms with van der Waals surface area (Å²) in [7, 11) is 0. The van der Waals surface area contributed by atoms with Crippen molar-refractivity contribution in [2.75, 3.05) is 25.1 Å². The van der Waals surface area contributed by atoms with Crippen LogP contribution in [-0.4, -0.2) is 41.9 Å². The molecule has 9 heteroatoms. The number of pyridine rings is 1. The van der Waals surface area contributed by atoms with Gasteiger partial charge < -0.3 is 25.6 Å². The van der Waals surface area contributed by atoms with Gasteiger partial charge in [-0.15, -0.1) is 11.3 Å². The Bertz CT molecular complexity index is 1140. The van der Waals surface area contributed by atoms with Gasteiger partial charge >= 0.3 is 0 Å². The molecule has 180 valence electrons. The number of aromatic nitrogens is 1. The van der Waals surface area contributed by atoms with Crippen LogP contribution in [0.1, 0.15) is 35.0 Å². The molecular weight excluding hydrogens is 457 g/mol. The van der Waals surface area contributed by atoms with Gasteiger partial charge in [0.05, 0.1) is 37.2 Å². The van der Waals surface area contributed by atoms with Crippen LogP contribution in [0.15, 0.2) is 42.5 Å². The van der Waals surface area contributed by atoms with Gasteiger partial charge in [0.1, 0.15) is 16.6 Å². The number of ether oxygens (including phenoxy) is 2. The quantitative estimate of drug-likeness (QED) is 0.396. The van der Waals surface area contributed by atoms with Gasteiger partial charge in [-0.05, 0) is 49.6 Å². The molecule has 1 fully saturated rings. The zero-order valence-corrected chi connectivity index (χ0v) is 19.7. The largest absolute Gasteiger partial charge is 0.393 e. The molecule has 34 heavy (non-hydrogen) atoms. The van der Waals surface area contributed by atoms with Crippen molar-refractivity contribution in [1.29, 1.82) is 0 Å². The monoisotopic (exact) mass is 485 g/mol. The van der Waals surface area contributed by atoms with E-state index in [0.29, 0.717) is 52.4 Å². The van der Waals surface area contributed by atoms with Crippen LogP contribution >= 0.6 is 11.3 Å². The number of nitrogens with zero attached hydrogens (tertiary/aromatic N) is 1. The standard InChI is InChI=1S/C25H28FN3O4S/c1-15(30)9-16-5-6-19(21(26)10-16)22-11-20(24(27)31)25(34-22)29-23-4-2-3-18(28-23)14-33-13-17-7-8-32-12-17/h2-6,10-11,15,17,30H,7-9,12-14H2,1H3,(H2,27,31)(H,28,29). The normalized spacial score (nSPS) is 16.5. The number of halogens is 1. The van der Waals surface area contributed by atoms with E-state index in [1.165, 1.54) is 17.4 Å². The number of thiophene rings is 1. The summed E-state index contributed by atoms with van der Waals surface area (Å²) in [5, 5.41) is 13.2. The minimum absolute atomic E-state index is 0.261. The Morgan fingerprint density at radius 3 is 2.94 bits per heavy atom. The predicted octanol–water partition coefficient (Wildman–Crippen LogP) is 4.27. The van der Waals surface area contributed by atoms with Crippen molar-refractivity contribution in [3.05, 3.63) is 65.1 Å². The number of benzene rings is 1. The number of primary amides is 1. The summed E-state index contributed by atoms with van der Waals surface area (Å²) >= 11 is 1.22. The predicted molar refractivity (Wildman–Crippen MR) is 130 cm³/mol. The van der Waals surface area contributed by atoms with Gasteiger partial charge in [0.2, 0.25) is 0 Å². The molecule has 7 nitrogen and oxygen atoms in total. The molecule has 1 aliphatic heterocycles. The second-order valence-electron chi connectivity index (χ2n) is 8.47. The summed E-state index contributed by atoms with van der Waals surface area (Å²) in [4.78, 5) is 17.2. The summed E-state index contributed by atoms with van der Waals surface area (Å²) in [6.45, 7) is 4.17. The fraction of sp³-hybridized carbons (Fsp3) is 0.360. The first-order chi connectivity index (χ1) is 16.4. The third-order valence-electron chi connectivity index (χ3n) is 5.50. The molecule has 4 N–H and O–H groups in total.